The number of nitrogens with zero attached hydrogens (tertiary/aromatic N) is 1. The van der Waals surface area contributed by atoms with Crippen LogP contribution < -0.4 is 0 Å². The second kappa shape index (κ2) is 7.17. The van der Waals surface area contributed by atoms with Crippen LogP contribution in [0.3, 0.4) is 0 Å². The highest BCUT2D eigenvalue weighted by molar-refractivity contribution is 7.98. The maximum atomic E-state index is 13.1. The Morgan fingerprint density at radius 3 is 2.67 bits per heavy atom. The molecule has 27 heavy (non-hydrogen) atoms. The van der Waals surface area contributed by atoms with Gasteiger partial charge in [0, 0.05) is 39.0 Å². The summed E-state index contributed by atoms with van der Waals surface area (Å²) in [5.74, 6) is 1.02. The monoisotopic (exact) mass is 416 g/mol. The summed E-state index contributed by atoms with van der Waals surface area (Å²) in [6.07, 6.45) is -4.85. The third-order valence-electron chi connectivity index (χ3n) is 4.03. The zero-order valence-corrected chi connectivity index (χ0v) is 15.7. The predicted molar refractivity (Wildman–Crippen MR) is 100 cm³/mol. The average Bonchev–Trinajstić information content (AvgIpc) is 3.21. The van der Waals surface area contributed by atoms with E-state index < -0.39 is 28.0 Å². The molecule has 0 saturated heterocycles. The third kappa shape index (κ3) is 4.28. The average molecular weight is 416 g/mol. The van der Waals surface area contributed by atoms with Gasteiger partial charge in [-0.05, 0) is 30.5 Å². The van der Waals surface area contributed by atoms with Gasteiger partial charge in [0.05, 0.1) is 4.92 Å². The highest BCUT2D eigenvalue weighted by Gasteiger charge is 2.39. The molecule has 3 rings (SSSR count). The summed E-state index contributed by atoms with van der Waals surface area (Å²) in [5, 5.41) is 23.9. The fraction of sp³-hybridized carbons (Fsp3) is 0.294. The number of aromatic amines is 1. The number of nitro groups is 1. The van der Waals surface area contributed by atoms with Crippen LogP contribution in [0.15, 0.2) is 35.7 Å². The normalized spacial score (nSPS) is 14.4. The molecule has 2 heterocycles. The quantitative estimate of drug-likeness (QED) is 0.422. The first-order valence-electron chi connectivity index (χ1n) is 7.79. The van der Waals surface area contributed by atoms with Crippen molar-refractivity contribution in [2.24, 2.45) is 0 Å². The number of thioether (sulfide) groups is 1. The van der Waals surface area contributed by atoms with Gasteiger partial charge in [-0.3, -0.25) is 10.1 Å². The molecule has 5 nitrogen and oxygen atoms in total. The van der Waals surface area contributed by atoms with Gasteiger partial charge in [-0.2, -0.15) is 24.9 Å². The minimum absolute atomic E-state index is 0.0893. The van der Waals surface area contributed by atoms with E-state index in [9.17, 15) is 28.4 Å². The van der Waals surface area contributed by atoms with Gasteiger partial charge < -0.3 is 10.1 Å². The SMILES string of the molecule is C[C@@](O)(CSCc1cccs1)c1cc2cc([N+](=O)[O-])c(C(F)(F)F)cc2[nH]1. The van der Waals surface area contributed by atoms with E-state index in [1.54, 1.807) is 18.3 Å². The predicted octanol–water partition coefficient (Wildman–Crippen LogP) is 5.30. The summed E-state index contributed by atoms with van der Waals surface area (Å²) in [6, 6.07) is 6.96. The number of nitrogens with one attached hydrogen (secondary N) is 1. The van der Waals surface area contributed by atoms with Crippen LogP contribution in [-0.2, 0) is 17.5 Å². The highest BCUT2D eigenvalue weighted by Crippen LogP contribution is 2.39. The second-order valence-electron chi connectivity index (χ2n) is 6.24. The smallest absolute Gasteiger partial charge is 0.383 e. The second-order valence-corrected chi connectivity index (χ2v) is 8.26. The van der Waals surface area contributed by atoms with Crippen LogP contribution in [-0.4, -0.2) is 20.8 Å². The summed E-state index contributed by atoms with van der Waals surface area (Å²) in [6.45, 7) is 1.55. The third-order valence-corrected chi connectivity index (χ3v) is 6.37. The molecule has 144 valence electrons. The molecule has 1 aromatic carbocycles. The molecule has 0 unspecified atom stereocenters. The Kier molecular flexibility index (Phi) is 5.24. The van der Waals surface area contributed by atoms with Crippen molar-refractivity contribution in [3.05, 3.63) is 62.0 Å². The standard InChI is InChI=1S/C17H15F3N2O3S2/c1-16(23,9-26-8-11-3-2-4-27-11)15-6-10-5-14(22(24)25)12(17(18,19)20)7-13(10)21-15/h2-7,21,23H,8-9H2,1H3/t16-/m1/s1. The Morgan fingerprint density at radius 1 is 1.33 bits per heavy atom. The molecular formula is C17H15F3N2O3S2. The topological polar surface area (TPSA) is 79.2 Å². The van der Waals surface area contributed by atoms with Gasteiger partial charge in [-0.15, -0.1) is 11.3 Å². The lowest BCUT2D eigenvalue weighted by molar-refractivity contribution is -0.387. The molecule has 0 radical (unpaired) electrons. The van der Waals surface area contributed by atoms with E-state index >= 15 is 0 Å². The molecule has 0 spiro atoms. The molecule has 0 aliphatic heterocycles. The molecule has 0 aliphatic carbocycles. The van der Waals surface area contributed by atoms with Gasteiger partial charge >= 0.3 is 6.18 Å². The van der Waals surface area contributed by atoms with Crippen LogP contribution >= 0.6 is 23.1 Å². The molecule has 3 aromatic rings. The van der Waals surface area contributed by atoms with Crippen molar-refractivity contribution in [2.45, 2.75) is 24.5 Å². The van der Waals surface area contributed by atoms with Crippen molar-refractivity contribution in [3.8, 4) is 0 Å². The van der Waals surface area contributed by atoms with Crippen molar-refractivity contribution in [2.75, 3.05) is 5.75 Å². The summed E-state index contributed by atoms with van der Waals surface area (Å²) in [7, 11) is 0. The number of hydrogen-bond donors (Lipinski definition) is 2. The van der Waals surface area contributed by atoms with Gasteiger partial charge in [0.15, 0.2) is 0 Å². The summed E-state index contributed by atoms with van der Waals surface area (Å²) in [4.78, 5) is 13.9. The number of halogens is 3. The highest BCUT2D eigenvalue weighted by atomic mass is 32.2. The van der Waals surface area contributed by atoms with Crippen molar-refractivity contribution < 1.29 is 23.2 Å². The molecule has 10 heteroatoms. The number of aliphatic hydroxyl groups is 1. The molecule has 1 atom stereocenters. The molecule has 0 aliphatic rings. The summed E-state index contributed by atoms with van der Waals surface area (Å²) in [5.41, 5.74) is -3.25. The number of hydrogen-bond acceptors (Lipinski definition) is 5. The number of rotatable bonds is 6. The molecular weight excluding hydrogens is 401 g/mol. The lowest BCUT2D eigenvalue weighted by Crippen LogP contribution is -2.24. The van der Waals surface area contributed by atoms with E-state index in [4.69, 9.17) is 0 Å². The number of H-pyrrole nitrogens is 1. The van der Waals surface area contributed by atoms with E-state index in [0.29, 0.717) is 23.3 Å². The number of nitro benzene ring substituents is 1. The first-order valence-corrected chi connectivity index (χ1v) is 9.83. The number of thiophene rings is 1. The van der Waals surface area contributed by atoms with Crippen LogP contribution in [0.1, 0.15) is 23.1 Å². The minimum atomic E-state index is -4.85. The van der Waals surface area contributed by atoms with Gasteiger partial charge in [0.2, 0.25) is 0 Å². The molecule has 0 bridgehead atoms. The van der Waals surface area contributed by atoms with Crippen LogP contribution in [0.2, 0.25) is 0 Å². The Morgan fingerprint density at radius 2 is 2.07 bits per heavy atom. The maximum Gasteiger partial charge on any atom is 0.423 e. The van der Waals surface area contributed by atoms with Crippen LogP contribution in [0.5, 0.6) is 0 Å². The van der Waals surface area contributed by atoms with E-state index in [0.717, 1.165) is 10.9 Å². The Balaban J connectivity index is 1.89. The van der Waals surface area contributed by atoms with E-state index in [-0.39, 0.29) is 10.9 Å². The first kappa shape index (κ1) is 19.7. The Hall–Kier alpha value is -2.04. The molecule has 0 amide bonds. The van der Waals surface area contributed by atoms with Gasteiger partial charge in [0.1, 0.15) is 11.2 Å². The van der Waals surface area contributed by atoms with Gasteiger partial charge in [-0.1, -0.05) is 6.07 Å². The van der Waals surface area contributed by atoms with Gasteiger partial charge in [0.25, 0.3) is 5.69 Å². The number of benzene rings is 1. The fourth-order valence-corrected chi connectivity index (χ4v) is 4.62. The van der Waals surface area contributed by atoms with E-state index in [1.807, 2.05) is 17.5 Å². The van der Waals surface area contributed by atoms with Crippen LogP contribution in [0.25, 0.3) is 10.9 Å². The zero-order valence-electron chi connectivity index (χ0n) is 14.0. The largest absolute Gasteiger partial charge is 0.423 e. The van der Waals surface area contributed by atoms with E-state index in [2.05, 4.69) is 4.98 Å². The number of fused-ring (bicyclic) bond motifs is 1. The zero-order chi connectivity index (χ0) is 19.8. The Bertz CT molecular complexity index is 966. The molecule has 2 N–H and O–H groups in total. The number of aromatic nitrogens is 1. The molecule has 0 saturated carbocycles. The fourth-order valence-electron chi connectivity index (χ4n) is 2.66. The summed E-state index contributed by atoms with van der Waals surface area (Å²) >= 11 is 3.09. The van der Waals surface area contributed by atoms with Crippen molar-refractivity contribution in [1.82, 2.24) is 4.98 Å². The van der Waals surface area contributed by atoms with Crippen LogP contribution in [0, 0.1) is 10.1 Å². The lowest BCUT2D eigenvalue weighted by atomic mass is 10.1. The molecule has 0 fully saturated rings. The number of alkyl halides is 3. The van der Waals surface area contributed by atoms with Crippen molar-refractivity contribution >= 4 is 39.7 Å². The van der Waals surface area contributed by atoms with Crippen molar-refractivity contribution in [3.63, 3.8) is 0 Å². The summed E-state index contributed by atoms with van der Waals surface area (Å²) < 4.78 is 39.3. The Labute approximate surface area is 160 Å². The maximum absolute atomic E-state index is 13.1. The molecule has 2 aromatic heterocycles. The van der Waals surface area contributed by atoms with Gasteiger partial charge in [-0.25, -0.2) is 0 Å². The van der Waals surface area contributed by atoms with Crippen molar-refractivity contribution in [1.29, 1.82) is 0 Å². The minimum Gasteiger partial charge on any atom is -0.383 e. The van der Waals surface area contributed by atoms with Crippen LogP contribution in [0.4, 0.5) is 18.9 Å². The lowest BCUT2D eigenvalue weighted by Gasteiger charge is -2.21. The van der Waals surface area contributed by atoms with E-state index in [1.165, 1.54) is 17.8 Å². The first-order chi connectivity index (χ1) is 12.6.